The first-order valence-electron chi connectivity index (χ1n) is 7.14. The molecule has 1 fully saturated rings. The Bertz CT molecular complexity index is 556. The molecular weight excluding hydrogens is 232 g/mol. The Morgan fingerprint density at radius 1 is 1.11 bits per heavy atom. The van der Waals surface area contributed by atoms with Crippen LogP contribution in [0.5, 0.6) is 0 Å². The molecule has 0 radical (unpaired) electrons. The summed E-state index contributed by atoms with van der Waals surface area (Å²) in [6.45, 7) is 1.16. The van der Waals surface area contributed by atoms with Crippen molar-refractivity contribution in [2.24, 2.45) is 0 Å². The second-order valence-electron chi connectivity index (χ2n) is 5.72. The van der Waals surface area contributed by atoms with Crippen molar-refractivity contribution in [2.45, 2.75) is 24.9 Å². The lowest BCUT2D eigenvalue weighted by molar-refractivity contribution is 0.244. The lowest BCUT2D eigenvalue weighted by Crippen LogP contribution is -2.37. The maximum Gasteiger partial charge on any atom is 0.0496 e. The highest BCUT2D eigenvalue weighted by molar-refractivity contribution is 5.83. The number of fused-ring (bicyclic) bond motifs is 1. The second-order valence-corrected chi connectivity index (χ2v) is 5.72. The van der Waals surface area contributed by atoms with Crippen LogP contribution in [0.3, 0.4) is 0 Å². The molecule has 2 nitrogen and oxygen atoms in total. The summed E-state index contributed by atoms with van der Waals surface area (Å²) >= 11 is 0. The average molecular weight is 254 g/mol. The van der Waals surface area contributed by atoms with Crippen LogP contribution in [0.2, 0.25) is 0 Å². The molecule has 0 saturated carbocycles. The molecule has 100 valence electrons. The zero-order valence-corrected chi connectivity index (χ0v) is 11.8. The van der Waals surface area contributed by atoms with E-state index < -0.39 is 0 Å². The maximum absolute atomic E-state index is 3.64. The highest BCUT2D eigenvalue weighted by atomic mass is 15.1. The molecule has 0 spiro atoms. The molecule has 1 saturated heterocycles. The molecule has 1 aliphatic heterocycles. The molecule has 0 aliphatic carbocycles. The third-order valence-corrected chi connectivity index (χ3v) is 4.15. The van der Waals surface area contributed by atoms with Crippen molar-refractivity contribution in [1.82, 2.24) is 10.2 Å². The highest BCUT2D eigenvalue weighted by Crippen LogP contribution is 2.29. The molecule has 1 N–H and O–H groups in total. The maximum atomic E-state index is 3.64. The molecule has 0 bridgehead atoms. The van der Waals surface area contributed by atoms with E-state index in [1.165, 1.54) is 29.2 Å². The van der Waals surface area contributed by atoms with Crippen LogP contribution in [0.1, 0.15) is 24.4 Å². The fourth-order valence-electron chi connectivity index (χ4n) is 3.26. The van der Waals surface area contributed by atoms with Crippen LogP contribution < -0.4 is 5.32 Å². The first-order chi connectivity index (χ1) is 9.25. The zero-order chi connectivity index (χ0) is 13.2. The van der Waals surface area contributed by atoms with E-state index in [0.29, 0.717) is 12.1 Å². The Morgan fingerprint density at radius 2 is 1.89 bits per heavy atom. The molecule has 2 atom stereocenters. The van der Waals surface area contributed by atoms with E-state index in [0.717, 1.165) is 6.54 Å². The Morgan fingerprint density at radius 3 is 2.58 bits per heavy atom. The number of hydrogen-bond donors (Lipinski definition) is 1. The molecule has 3 rings (SSSR count). The summed E-state index contributed by atoms with van der Waals surface area (Å²) in [6.07, 6.45) is 2.57. The molecular formula is C17H22N2. The van der Waals surface area contributed by atoms with Crippen molar-refractivity contribution in [3.8, 4) is 0 Å². The van der Waals surface area contributed by atoms with E-state index in [1.54, 1.807) is 0 Å². The summed E-state index contributed by atoms with van der Waals surface area (Å²) in [7, 11) is 4.36. The van der Waals surface area contributed by atoms with E-state index in [-0.39, 0.29) is 0 Å². The fourth-order valence-corrected chi connectivity index (χ4v) is 3.26. The minimum absolute atomic E-state index is 0.465. The third kappa shape index (κ3) is 2.51. The molecule has 0 aromatic heterocycles. The van der Waals surface area contributed by atoms with E-state index >= 15 is 0 Å². The van der Waals surface area contributed by atoms with Crippen LogP contribution >= 0.6 is 0 Å². The largest absolute Gasteiger partial charge is 0.312 e. The Balaban J connectivity index is 1.99. The standard InChI is InChI=1S/C17H22N2/c1-19(2)17(16-8-5-11-18-16)15-10-9-13-6-3-4-7-14(13)12-15/h3-4,6-7,9-10,12,16-18H,5,8,11H2,1-2H3. The van der Waals surface area contributed by atoms with E-state index in [4.69, 9.17) is 0 Å². The minimum atomic E-state index is 0.465. The van der Waals surface area contributed by atoms with Gasteiger partial charge in [-0.25, -0.2) is 0 Å². The zero-order valence-electron chi connectivity index (χ0n) is 11.8. The van der Waals surface area contributed by atoms with E-state index in [2.05, 4.69) is 66.8 Å². The Hall–Kier alpha value is -1.38. The van der Waals surface area contributed by atoms with E-state index in [1.807, 2.05) is 0 Å². The lowest BCUT2D eigenvalue weighted by atomic mass is 9.95. The van der Waals surface area contributed by atoms with Gasteiger partial charge in [0.2, 0.25) is 0 Å². The SMILES string of the molecule is CN(C)C(c1ccc2ccccc2c1)C1CCCN1. The van der Waals surface area contributed by atoms with Gasteiger partial charge < -0.3 is 10.2 Å². The topological polar surface area (TPSA) is 15.3 Å². The van der Waals surface area contributed by atoms with Gasteiger partial charge in [-0.05, 0) is 55.9 Å². The van der Waals surface area contributed by atoms with Gasteiger partial charge in [0.1, 0.15) is 0 Å². The van der Waals surface area contributed by atoms with Gasteiger partial charge in [-0.3, -0.25) is 0 Å². The summed E-state index contributed by atoms with van der Waals surface area (Å²) in [5.74, 6) is 0. The van der Waals surface area contributed by atoms with Crippen LogP contribution in [-0.4, -0.2) is 31.6 Å². The van der Waals surface area contributed by atoms with Gasteiger partial charge in [0.05, 0.1) is 0 Å². The third-order valence-electron chi connectivity index (χ3n) is 4.15. The molecule has 2 unspecified atom stereocenters. The van der Waals surface area contributed by atoms with Crippen LogP contribution in [0.15, 0.2) is 42.5 Å². The lowest BCUT2D eigenvalue weighted by Gasteiger charge is -2.30. The molecule has 2 heteroatoms. The van der Waals surface area contributed by atoms with Gasteiger partial charge in [0, 0.05) is 12.1 Å². The van der Waals surface area contributed by atoms with Gasteiger partial charge in [-0.1, -0.05) is 36.4 Å². The number of nitrogens with one attached hydrogen (secondary N) is 1. The number of benzene rings is 2. The normalized spacial score (nSPS) is 21.1. The highest BCUT2D eigenvalue weighted by Gasteiger charge is 2.27. The van der Waals surface area contributed by atoms with Gasteiger partial charge in [-0.15, -0.1) is 0 Å². The smallest absolute Gasteiger partial charge is 0.0496 e. The summed E-state index contributed by atoms with van der Waals surface area (Å²) in [5.41, 5.74) is 1.42. The molecule has 1 aliphatic rings. The first-order valence-corrected chi connectivity index (χ1v) is 7.14. The van der Waals surface area contributed by atoms with Crippen molar-refractivity contribution < 1.29 is 0 Å². The van der Waals surface area contributed by atoms with Crippen molar-refractivity contribution in [1.29, 1.82) is 0 Å². The summed E-state index contributed by atoms with van der Waals surface area (Å²) in [5, 5.41) is 6.30. The molecule has 2 aromatic carbocycles. The number of hydrogen-bond acceptors (Lipinski definition) is 2. The minimum Gasteiger partial charge on any atom is -0.312 e. The molecule has 1 heterocycles. The van der Waals surface area contributed by atoms with Crippen molar-refractivity contribution in [2.75, 3.05) is 20.6 Å². The van der Waals surface area contributed by atoms with Crippen LogP contribution in [-0.2, 0) is 0 Å². The second kappa shape index (κ2) is 5.32. The Kier molecular flexibility index (Phi) is 3.54. The molecule has 19 heavy (non-hydrogen) atoms. The van der Waals surface area contributed by atoms with Gasteiger partial charge in [0.15, 0.2) is 0 Å². The first kappa shape index (κ1) is 12.6. The predicted octanol–water partition coefficient (Wildman–Crippen LogP) is 3.19. The summed E-state index contributed by atoms with van der Waals surface area (Å²) in [4.78, 5) is 2.34. The number of rotatable bonds is 3. The van der Waals surface area contributed by atoms with Crippen LogP contribution in [0, 0.1) is 0 Å². The van der Waals surface area contributed by atoms with Crippen LogP contribution in [0.25, 0.3) is 10.8 Å². The van der Waals surface area contributed by atoms with Crippen molar-refractivity contribution in [3.05, 3.63) is 48.0 Å². The molecule has 2 aromatic rings. The van der Waals surface area contributed by atoms with Crippen molar-refractivity contribution in [3.63, 3.8) is 0 Å². The summed E-state index contributed by atoms with van der Waals surface area (Å²) in [6, 6.07) is 16.5. The van der Waals surface area contributed by atoms with E-state index in [9.17, 15) is 0 Å². The van der Waals surface area contributed by atoms with Gasteiger partial charge in [0.25, 0.3) is 0 Å². The number of likely N-dealkylation sites (N-methyl/N-ethyl adjacent to an activating group) is 1. The van der Waals surface area contributed by atoms with Gasteiger partial charge >= 0.3 is 0 Å². The fraction of sp³-hybridized carbons (Fsp3) is 0.412. The molecule has 0 amide bonds. The van der Waals surface area contributed by atoms with Crippen LogP contribution in [0.4, 0.5) is 0 Å². The quantitative estimate of drug-likeness (QED) is 0.905. The number of nitrogens with zero attached hydrogens (tertiary/aromatic N) is 1. The summed E-state index contributed by atoms with van der Waals surface area (Å²) < 4.78 is 0. The van der Waals surface area contributed by atoms with Gasteiger partial charge in [-0.2, -0.15) is 0 Å². The van der Waals surface area contributed by atoms with Crippen molar-refractivity contribution >= 4 is 10.8 Å². The monoisotopic (exact) mass is 254 g/mol. The average Bonchev–Trinajstić information content (AvgIpc) is 2.92. The predicted molar refractivity (Wildman–Crippen MR) is 81.4 cm³/mol. The Labute approximate surface area is 115 Å².